The highest BCUT2D eigenvalue weighted by Gasteiger charge is 2.26. The van der Waals surface area contributed by atoms with Crippen molar-refractivity contribution in [2.45, 2.75) is 26.8 Å². The van der Waals surface area contributed by atoms with E-state index in [2.05, 4.69) is 0 Å². The second-order valence-corrected chi connectivity index (χ2v) is 5.35. The number of hydrogen-bond acceptors (Lipinski definition) is 3. The predicted molar refractivity (Wildman–Crippen MR) is 84.1 cm³/mol. The molecule has 0 unspecified atom stereocenters. The van der Waals surface area contributed by atoms with Gasteiger partial charge in [-0.3, -0.25) is 4.79 Å². The number of rotatable bonds is 1. The van der Waals surface area contributed by atoms with Gasteiger partial charge < -0.3 is 9.64 Å². The number of anilines is 1. The third-order valence-electron chi connectivity index (χ3n) is 3.77. The van der Waals surface area contributed by atoms with E-state index in [9.17, 15) is 9.59 Å². The third-order valence-corrected chi connectivity index (χ3v) is 3.77. The van der Waals surface area contributed by atoms with Crippen LogP contribution >= 0.6 is 0 Å². The van der Waals surface area contributed by atoms with Gasteiger partial charge in [0.1, 0.15) is 5.75 Å². The number of fused-ring (bicyclic) bond motifs is 2. The maximum atomic E-state index is 12.4. The number of aryl methyl sites for hydroxylation is 1. The van der Waals surface area contributed by atoms with Gasteiger partial charge >= 0.3 is 5.97 Å². The Labute approximate surface area is 129 Å². The number of para-hydroxylation sites is 1. The smallest absolute Gasteiger partial charge is 0.345 e. The van der Waals surface area contributed by atoms with E-state index in [0.29, 0.717) is 30.0 Å². The normalized spacial score (nSPS) is 13.5. The second-order valence-electron chi connectivity index (χ2n) is 5.35. The quantitative estimate of drug-likeness (QED) is 0.598. The maximum absolute atomic E-state index is 12.4. The highest BCUT2D eigenvalue weighted by Crippen LogP contribution is 2.31. The van der Waals surface area contributed by atoms with Gasteiger partial charge in [-0.15, -0.1) is 0 Å². The summed E-state index contributed by atoms with van der Waals surface area (Å²) in [7, 11) is 0. The molecule has 0 saturated carbocycles. The van der Waals surface area contributed by atoms with Gasteiger partial charge in [0.05, 0.1) is 17.8 Å². The highest BCUT2D eigenvalue weighted by atomic mass is 16.5. The number of ether oxygens (including phenoxy) is 1. The van der Waals surface area contributed by atoms with Crippen molar-refractivity contribution in [2.75, 3.05) is 4.90 Å². The van der Waals surface area contributed by atoms with E-state index in [-0.39, 0.29) is 5.91 Å². The zero-order valence-corrected chi connectivity index (χ0v) is 12.6. The number of benzene rings is 2. The van der Waals surface area contributed by atoms with Crippen LogP contribution in [0, 0.1) is 6.92 Å². The van der Waals surface area contributed by atoms with Crippen molar-refractivity contribution in [1.82, 2.24) is 0 Å². The van der Waals surface area contributed by atoms with E-state index >= 15 is 0 Å². The lowest BCUT2D eigenvalue weighted by molar-refractivity contribution is -0.118. The lowest BCUT2D eigenvalue weighted by atomic mass is 10.1. The molecular formula is C18H17NO3. The number of carbonyl (C=O) groups is 2. The molecule has 1 heterocycles. The first-order valence-corrected chi connectivity index (χ1v) is 7.31. The first kappa shape index (κ1) is 14.3. The van der Waals surface area contributed by atoms with Crippen LogP contribution in [0.3, 0.4) is 0 Å². The fourth-order valence-corrected chi connectivity index (χ4v) is 2.64. The maximum Gasteiger partial charge on any atom is 0.345 e. The summed E-state index contributed by atoms with van der Waals surface area (Å²) in [6, 6.07) is 12.7. The molecule has 4 nitrogen and oxygen atoms in total. The molecule has 0 bridgehead atoms. The van der Waals surface area contributed by atoms with E-state index in [1.807, 2.05) is 32.0 Å². The lowest BCUT2D eigenvalue weighted by Gasteiger charge is -2.27. The summed E-state index contributed by atoms with van der Waals surface area (Å²) in [6.45, 7) is 4.19. The minimum Gasteiger partial charge on any atom is -0.423 e. The zero-order chi connectivity index (χ0) is 15.7. The average Bonchev–Trinajstić information content (AvgIpc) is 2.53. The molecule has 0 saturated heterocycles. The molecule has 0 aromatic heterocycles. The molecule has 0 atom stereocenters. The number of hydrogen-bond donors (Lipinski definition) is 0. The zero-order valence-electron chi connectivity index (χ0n) is 12.6. The highest BCUT2D eigenvalue weighted by molar-refractivity contribution is 6.03. The summed E-state index contributed by atoms with van der Waals surface area (Å²) in [6.07, 6.45) is 0.379. The minimum absolute atomic E-state index is 0.0189. The molecule has 1 amide bonds. The number of amides is 1. The third kappa shape index (κ3) is 2.48. The van der Waals surface area contributed by atoms with Crippen LogP contribution in [0.2, 0.25) is 0 Å². The Balaban J connectivity index is 2.17. The summed E-state index contributed by atoms with van der Waals surface area (Å²) in [4.78, 5) is 26.4. The van der Waals surface area contributed by atoms with Gasteiger partial charge in [-0.1, -0.05) is 36.8 Å². The molecule has 4 heteroatoms. The Morgan fingerprint density at radius 3 is 2.77 bits per heavy atom. The van der Waals surface area contributed by atoms with Crippen molar-refractivity contribution >= 4 is 17.6 Å². The molecule has 112 valence electrons. The van der Waals surface area contributed by atoms with E-state index in [4.69, 9.17) is 4.74 Å². The first-order valence-electron chi connectivity index (χ1n) is 7.31. The molecular weight excluding hydrogens is 278 g/mol. The van der Waals surface area contributed by atoms with Crippen LogP contribution in [0.1, 0.15) is 34.8 Å². The van der Waals surface area contributed by atoms with Gasteiger partial charge in [0.25, 0.3) is 0 Å². The minimum atomic E-state index is -0.436. The fourth-order valence-electron chi connectivity index (χ4n) is 2.64. The van der Waals surface area contributed by atoms with Crippen molar-refractivity contribution in [3.8, 4) is 5.75 Å². The van der Waals surface area contributed by atoms with E-state index < -0.39 is 5.97 Å². The molecule has 0 N–H and O–H groups in total. The van der Waals surface area contributed by atoms with E-state index in [0.717, 1.165) is 11.1 Å². The second kappa shape index (κ2) is 5.64. The Bertz CT molecular complexity index is 752. The largest absolute Gasteiger partial charge is 0.423 e. The van der Waals surface area contributed by atoms with Gasteiger partial charge in [0.15, 0.2) is 0 Å². The van der Waals surface area contributed by atoms with E-state index in [1.165, 1.54) is 0 Å². The van der Waals surface area contributed by atoms with Crippen molar-refractivity contribution in [1.29, 1.82) is 0 Å². The Morgan fingerprint density at radius 2 is 2.00 bits per heavy atom. The fraction of sp³-hybridized carbons (Fsp3) is 0.222. The van der Waals surface area contributed by atoms with Gasteiger partial charge in [-0.25, -0.2) is 4.79 Å². The molecule has 2 aromatic rings. The number of esters is 1. The summed E-state index contributed by atoms with van der Waals surface area (Å²) in [5, 5.41) is 0. The first-order chi connectivity index (χ1) is 10.6. The molecule has 0 fully saturated rings. The van der Waals surface area contributed by atoms with Gasteiger partial charge in [-0.05, 0) is 25.1 Å². The van der Waals surface area contributed by atoms with Crippen LogP contribution in [0.5, 0.6) is 5.75 Å². The van der Waals surface area contributed by atoms with Gasteiger partial charge in [0, 0.05) is 12.0 Å². The van der Waals surface area contributed by atoms with Crippen LogP contribution in [0.25, 0.3) is 0 Å². The van der Waals surface area contributed by atoms with Crippen molar-refractivity contribution in [3.05, 3.63) is 59.2 Å². The SMILES string of the molecule is CCC(=O)N1Cc2cc(C)ccc2OC(=O)c2ccccc21. The van der Waals surface area contributed by atoms with Gasteiger partial charge in [0.2, 0.25) is 5.91 Å². The predicted octanol–water partition coefficient (Wildman–Crippen LogP) is 3.47. The van der Waals surface area contributed by atoms with E-state index in [1.54, 1.807) is 29.2 Å². The van der Waals surface area contributed by atoms with Crippen molar-refractivity contribution < 1.29 is 14.3 Å². The standard InChI is InChI=1S/C18H17NO3/c1-3-17(20)19-11-13-10-12(2)8-9-16(13)22-18(21)14-6-4-5-7-15(14)19/h4-10H,3,11H2,1-2H3. The summed E-state index contributed by atoms with van der Waals surface area (Å²) in [5.74, 6) is 0.0583. The molecule has 1 aliphatic rings. The molecule has 0 spiro atoms. The molecule has 0 radical (unpaired) electrons. The summed E-state index contributed by atoms with van der Waals surface area (Å²) < 4.78 is 5.50. The van der Waals surface area contributed by atoms with Crippen LogP contribution in [0.15, 0.2) is 42.5 Å². The molecule has 0 aliphatic carbocycles. The number of carbonyl (C=O) groups excluding carboxylic acids is 2. The molecule has 2 aromatic carbocycles. The monoisotopic (exact) mass is 295 g/mol. The van der Waals surface area contributed by atoms with Crippen LogP contribution in [-0.4, -0.2) is 11.9 Å². The summed E-state index contributed by atoms with van der Waals surface area (Å²) >= 11 is 0. The van der Waals surface area contributed by atoms with Crippen LogP contribution in [-0.2, 0) is 11.3 Å². The molecule has 1 aliphatic heterocycles. The topological polar surface area (TPSA) is 46.6 Å². The van der Waals surface area contributed by atoms with Crippen LogP contribution in [0.4, 0.5) is 5.69 Å². The Kier molecular flexibility index (Phi) is 3.67. The molecule has 3 rings (SSSR count). The Hall–Kier alpha value is -2.62. The lowest BCUT2D eigenvalue weighted by Crippen LogP contribution is -2.33. The summed E-state index contributed by atoms with van der Waals surface area (Å²) in [5.41, 5.74) is 2.92. The van der Waals surface area contributed by atoms with Crippen LogP contribution < -0.4 is 9.64 Å². The van der Waals surface area contributed by atoms with Crippen molar-refractivity contribution in [3.63, 3.8) is 0 Å². The Morgan fingerprint density at radius 1 is 1.23 bits per heavy atom. The van der Waals surface area contributed by atoms with Crippen molar-refractivity contribution in [2.24, 2.45) is 0 Å². The number of nitrogens with zero attached hydrogens (tertiary/aromatic N) is 1. The molecule has 22 heavy (non-hydrogen) atoms. The average molecular weight is 295 g/mol. The van der Waals surface area contributed by atoms with Gasteiger partial charge in [-0.2, -0.15) is 0 Å².